The first-order chi connectivity index (χ1) is 8.66. The third-order valence-corrected chi connectivity index (χ3v) is 3.12. The predicted molar refractivity (Wildman–Crippen MR) is 76.4 cm³/mol. The van der Waals surface area contributed by atoms with E-state index in [9.17, 15) is 4.79 Å². The zero-order chi connectivity index (χ0) is 13.0. The number of benzene rings is 2. The van der Waals surface area contributed by atoms with E-state index in [4.69, 9.17) is 5.73 Å². The van der Waals surface area contributed by atoms with Gasteiger partial charge in [0.1, 0.15) is 0 Å². The van der Waals surface area contributed by atoms with Gasteiger partial charge in [0.05, 0.1) is 5.56 Å². The number of primary amides is 1. The maximum absolute atomic E-state index is 11.3. The van der Waals surface area contributed by atoms with Crippen molar-refractivity contribution >= 4 is 27.5 Å². The maximum Gasteiger partial charge on any atom is 0.250 e. The summed E-state index contributed by atoms with van der Waals surface area (Å²) in [5.74, 6) is -0.422. The van der Waals surface area contributed by atoms with Crippen LogP contribution in [0.4, 0.5) is 5.69 Å². The van der Waals surface area contributed by atoms with Gasteiger partial charge >= 0.3 is 0 Å². The lowest BCUT2D eigenvalue weighted by molar-refractivity contribution is 0.100. The highest BCUT2D eigenvalue weighted by Gasteiger charge is 2.06. The fraction of sp³-hybridized carbons (Fsp3) is 0.0714. The van der Waals surface area contributed by atoms with Crippen LogP contribution in [0.1, 0.15) is 15.9 Å². The van der Waals surface area contributed by atoms with E-state index < -0.39 is 5.91 Å². The summed E-state index contributed by atoms with van der Waals surface area (Å²) < 4.78 is 1.05. The van der Waals surface area contributed by atoms with Crippen molar-refractivity contribution in [2.75, 3.05) is 5.32 Å². The minimum absolute atomic E-state index is 0.422. The maximum atomic E-state index is 11.3. The Morgan fingerprint density at radius 2 is 1.78 bits per heavy atom. The molecule has 0 radical (unpaired) electrons. The molecular formula is C14H13BrN2O. The van der Waals surface area contributed by atoms with Crippen LogP contribution in [0.15, 0.2) is 53.0 Å². The van der Waals surface area contributed by atoms with E-state index in [2.05, 4.69) is 21.2 Å². The molecule has 3 N–H and O–H groups in total. The van der Waals surface area contributed by atoms with Crippen molar-refractivity contribution in [2.24, 2.45) is 5.73 Å². The number of para-hydroxylation sites is 1. The molecule has 3 nitrogen and oxygen atoms in total. The molecule has 2 rings (SSSR count). The van der Waals surface area contributed by atoms with Crippen LogP contribution in [0.5, 0.6) is 0 Å². The molecule has 0 aliphatic carbocycles. The quantitative estimate of drug-likeness (QED) is 0.911. The predicted octanol–water partition coefficient (Wildman–Crippen LogP) is 3.16. The summed E-state index contributed by atoms with van der Waals surface area (Å²) in [5, 5.41) is 3.21. The minimum Gasteiger partial charge on any atom is -0.380 e. The van der Waals surface area contributed by atoms with Crippen LogP contribution in [0.25, 0.3) is 0 Å². The molecule has 1 amide bonds. The van der Waals surface area contributed by atoms with Crippen LogP contribution in [0, 0.1) is 0 Å². The highest BCUT2D eigenvalue weighted by Crippen LogP contribution is 2.16. The number of carbonyl (C=O) groups is 1. The molecule has 0 aliphatic heterocycles. The Balaban J connectivity index is 2.10. The molecule has 2 aromatic carbocycles. The SMILES string of the molecule is NC(=O)c1ccccc1NCc1ccc(Br)cc1. The van der Waals surface area contributed by atoms with Gasteiger partial charge in [0.25, 0.3) is 5.91 Å². The van der Waals surface area contributed by atoms with Gasteiger partial charge in [-0.05, 0) is 29.8 Å². The zero-order valence-corrected chi connectivity index (χ0v) is 11.3. The lowest BCUT2D eigenvalue weighted by Gasteiger charge is -2.09. The van der Waals surface area contributed by atoms with E-state index >= 15 is 0 Å². The van der Waals surface area contributed by atoms with Crippen molar-refractivity contribution in [3.63, 3.8) is 0 Å². The van der Waals surface area contributed by atoms with E-state index in [1.54, 1.807) is 12.1 Å². The Kier molecular flexibility index (Phi) is 3.99. The number of halogens is 1. The summed E-state index contributed by atoms with van der Waals surface area (Å²) in [5.41, 5.74) is 7.72. The molecule has 4 heteroatoms. The Bertz CT molecular complexity index is 552. The second-order valence-corrected chi connectivity index (χ2v) is 4.81. The third-order valence-electron chi connectivity index (χ3n) is 2.59. The van der Waals surface area contributed by atoms with Crippen LogP contribution >= 0.6 is 15.9 Å². The molecule has 0 aromatic heterocycles. The molecule has 0 aliphatic rings. The van der Waals surface area contributed by atoms with E-state index in [1.807, 2.05) is 36.4 Å². The largest absolute Gasteiger partial charge is 0.380 e. The average Bonchev–Trinajstić information content (AvgIpc) is 2.38. The van der Waals surface area contributed by atoms with Gasteiger partial charge in [0.2, 0.25) is 0 Å². The normalized spacial score (nSPS) is 10.1. The molecule has 18 heavy (non-hydrogen) atoms. The minimum atomic E-state index is -0.422. The molecule has 2 aromatic rings. The fourth-order valence-corrected chi connectivity index (χ4v) is 1.92. The van der Waals surface area contributed by atoms with E-state index in [1.165, 1.54) is 0 Å². The highest BCUT2D eigenvalue weighted by molar-refractivity contribution is 9.10. The first-order valence-electron chi connectivity index (χ1n) is 5.54. The number of hydrogen-bond donors (Lipinski definition) is 2. The molecule has 0 spiro atoms. The van der Waals surface area contributed by atoms with Crippen molar-refractivity contribution < 1.29 is 4.79 Å². The Morgan fingerprint density at radius 1 is 1.11 bits per heavy atom. The summed E-state index contributed by atoms with van der Waals surface area (Å²) in [7, 11) is 0. The molecule has 0 saturated carbocycles. The third kappa shape index (κ3) is 3.11. The van der Waals surface area contributed by atoms with E-state index in [0.29, 0.717) is 12.1 Å². The van der Waals surface area contributed by atoms with Crippen LogP contribution in [0.2, 0.25) is 0 Å². The van der Waals surface area contributed by atoms with Gasteiger partial charge in [-0.25, -0.2) is 0 Å². The summed E-state index contributed by atoms with van der Waals surface area (Å²) >= 11 is 3.39. The number of carbonyl (C=O) groups excluding carboxylic acids is 1. The van der Waals surface area contributed by atoms with Crippen LogP contribution < -0.4 is 11.1 Å². The fourth-order valence-electron chi connectivity index (χ4n) is 1.65. The van der Waals surface area contributed by atoms with Crippen LogP contribution in [0.3, 0.4) is 0 Å². The Labute approximate surface area is 114 Å². The van der Waals surface area contributed by atoms with Crippen molar-refractivity contribution in [3.05, 3.63) is 64.1 Å². The molecule has 0 atom stereocenters. The topological polar surface area (TPSA) is 55.1 Å². The summed E-state index contributed by atoms with van der Waals surface area (Å²) in [6.07, 6.45) is 0. The summed E-state index contributed by atoms with van der Waals surface area (Å²) in [4.78, 5) is 11.3. The van der Waals surface area contributed by atoms with Gasteiger partial charge in [-0.2, -0.15) is 0 Å². The van der Waals surface area contributed by atoms with Crippen molar-refractivity contribution in [2.45, 2.75) is 6.54 Å². The van der Waals surface area contributed by atoms with E-state index in [0.717, 1.165) is 15.7 Å². The first-order valence-corrected chi connectivity index (χ1v) is 6.33. The van der Waals surface area contributed by atoms with Gasteiger partial charge < -0.3 is 11.1 Å². The molecule has 0 heterocycles. The van der Waals surface area contributed by atoms with Gasteiger partial charge in [-0.15, -0.1) is 0 Å². The standard InChI is InChI=1S/C14H13BrN2O/c15-11-7-5-10(6-8-11)9-17-13-4-2-1-3-12(13)14(16)18/h1-8,17H,9H2,(H2,16,18). The number of nitrogens with two attached hydrogens (primary N) is 1. The first kappa shape index (κ1) is 12.6. The molecule has 0 bridgehead atoms. The van der Waals surface area contributed by atoms with Crippen LogP contribution in [-0.2, 0) is 6.54 Å². The molecule has 0 unspecified atom stereocenters. The Hall–Kier alpha value is -1.81. The second-order valence-electron chi connectivity index (χ2n) is 3.89. The lowest BCUT2D eigenvalue weighted by Crippen LogP contribution is -2.14. The van der Waals surface area contributed by atoms with Crippen molar-refractivity contribution in [1.29, 1.82) is 0 Å². The van der Waals surface area contributed by atoms with E-state index in [-0.39, 0.29) is 0 Å². The number of amides is 1. The zero-order valence-electron chi connectivity index (χ0n) is 9.69. The van der Waals surface area contributed by atoms with Crippen LogP contribution in [-0.4, -0.2) is 5.91 Å². The smallest absolute Gasteiger partial charge is 0.250 e. The molecular weight excluding hydrogens is 292 g/mol. The molecule has 92 valence electrons. The number of hydrogen-bond acceptors (Lipinski definition) is 2. The van der Waals surface area contributed by atoms with Crippen molar-refractivity contribution in [1.82, 2.24) is 0 Å². The number of rotatable bonds is 4. The summed E-state index contributed by atoms with van der Waals surface area (Å²) in [6.45, 7) is 0.650. The average molecular weight is 305 g/mol. The van der Waals surface area contributed by atoms with Gasteiger partial charge in [-0.3, -0.25) is 4.79 Å². The van der Waals surface area contributed by atoms with Gasteiger partial charge in [0, 0.05) is 16.7 Å². The summed E-state index contributed by atoms with van der Waals surface area (Å²) in [6, 6.07) is 15.2. The molecule has 0 fully saturated rings. The second kappa shape index (κ2) is 5.69. The van der Waals surface area contributed by atoms with Crippen molar-refractivity contribution in [3.8, 4) is 0 Å². The van der Waals surface area contributed by atoms with Gasteiger partial charge in [-0.1, -0.05) is 40.2 Å². The lowest BCUT2D eigenvalue weighted by atomic mass is 10.1. The highest BCUT2D eigenvalue weighted by atomic mass is 79.9. The Morgan fingerprint density at radius 3 is 2.44 bits per heavy atom. The molecule has 0 saturated heterocycles. The number of anilines is 1. The number of nitrogens with one attached hydrogen (secondary N) is 1. The van der Waals surface area contributed by atoms with Gasteiger partial charge in [0.15, 0.2) is 0 Å². The monoisotopic (exact) mass is 304 g/mol.